The van der Waals surface area contributed by atoms with Gasteiger partial charge in [0.25, 0.3) is 0 Å². The molecular formula is C16H14F3N3S. The molecule has 0 amide bonds. The van der Waals surface area contributed by atoms with E-state index < -0.39 is 11.9 Å². The van der Waals surface area contributed by atoms with Crippen LogP contribution in [-0.4, -0.2) is 20.3 Å². The van der Waals surface area contributed by atoms with Gasteiger partial charge in [-0.2, -0.15) is 13.2 Å². The molecule has 0 fully saturated rings. The second kappa shape index (κ2) is 5.88. The Hall–Kier alpha value is -2.02. The molecule has 7 heteroatoms. The highest BCUT2D eigenvalue weighted by atomic mass is 32.2. The first kappa shape index (κ1) is 15.9. The van der Waals surface area contributed by atoms with E-state index in [1.54, 1.807) is 11.8 Å². The molecule has 0 N–H and O–H groups in total. The lowest BCUT2D eigenvalue weighted by molar-refractivity contribution is -0.142. The van der Waals surface area contributed by atoms with Gasteiger partial charge in [0.1, 0.15) is 5.69 Å². The second-order valence-electron chi connectivity index (χ2n) is 4.98. The van der Waals surface area contributed by atoms with Crippen molar-refractivity contribution in [3.63, 3.8) is 0 Å². The van der Waals surface area contributed by atoms with Crippen LogP contribution in [0.25, 0.3) is 22.4 Å². The predicted octanol–water partition coefficient (Wildman–Crippen LogP) is 4.77. The van der Waals surface area contributed by atoms with E-state index in [0.29, 0.717) is 16.9 Å². The number of thioether (sulfide) groups is 1. The molecule has 1 aromatic carbocycles. The van der Waals surface area contributed by atoms with Gasteiger partial charge in [-0.3, -0.25) is 0 Å². The highest BCUT2D eigenvalue weighted by molar-refractivity contribution is 7.99. The summed E-state index contributed by atoms with van der Waals surface area (Å²) in [6.45, 7) is 2.04. The van der Waals surface area contributed by atoms with E-state index in [9.17, 15) is 13.2 Å². The Morgan fingerprint density at radius 3 is 2.65 bits per heavy atom. The summed E-state index contributed by atoms with van der Waals surface area (Å²) in [6.07, 6.45) is -2.97. The van der Waals surface area contributed by atoms with Gasteiger partial charge in [-0.1, -0.05) is 25.1 Å². The Morgan fingerprint density at radius 1 is 1.22 bits per heavy atom. The summed E-state index contributed by atoms with van der Waals surface area (Å²) in [5, 5.41) is 0. The molecule has 0 spiro atoms. The van der Waals surface area contributed by atoms with Gasteiger partial charge >= 0.3 is 6.18 Å². The third kappa shape index (κ3) is 2.93. The van der Waals surface area contributed by atoms with Crippen LogP contribution in [0, 0.1) is 0 Å². The molecule has 0 atom stereocenters. The fourth-order valence-corrected chi connectivity index (χ4v) is 3.24. The third-order valence-corrected chi connectivity index (χ3v) is 4.47. The molecule has 3 rings (SSSR count). The van der Waals surface area contributed by atoms with Crippen LogP contribution in [-0.2, 0) is 13.2 Å². The molecule has 0 aliphatic heterocycles. The first-order chi connectivity index (χ1) is 10.9. The van der Waals surface area contributed by atoms with Crippen LogP contribution >= 0.6 is 11.8 Å². The largest absolute Gasteiger partial charge is 0.431 e. The van der Waals surface area contributed by atoms with Crippen LogP contribution in [0.1, 0.15) is 12.6 Å². The standard InChI is InChI=1S/C16H14F3N3S/c1-3-23-13-7-5-4-6-10(13)15-20-9-12-11(21-15)8-14(22(12)2)16(17,18)19/h4-9H,3H2,1-2H3. The zero-order valence-electron chi connectivity index (χ0n) is 12.6. The molecule has 3 nitrogen and oxygen atoms in total. The quantitative estimate of drug-likeness (QED) is 0.645. The fraction of sp³-hybridized carbons (Fsp3) is 0.250. The van der Waals surface area contributed by atoms with Crippen molar-refractivity contribution in [2.45, 2.75) is 18.0 Å². The Balaban J connectivity index is 2.15. The minimum absolute atomic E-state index is 0.293. The van der Waals surface area contributed by atoms with Crippen molar-refractivity contribution in [2.24, 2.45) is 7.05 Å². The highest BCUT2D eigenvalue weighted by Crippen LogP contribution is 2.34. The molecule has 0 aliphatic rings. The summed E-state index contributed by atoms with van der Waals surface area (Å²) in [4.78, 5) is 9.62. The van der Waals surface area contributed by atoms with E-state index in [1.165, 1.54) is 13.2 Å². The Labute approximate surface area is 135 Å². The molecular weight excluding hydrogens is 323 g/mol. The maximum absolute atomic E-state index is 13.0. The lowest BCUT2D eigenvalue weighted by Crippen LogP contribution is -2.10. The van der Waals surface area contributed by atoms with Crippen LogP contribution in [0.2, 0.25) is 0 Å². The minimum Gasteiger partial charge on any atom is -0.338 e. The molecule has 0 unspecified atom stereocenters. The van der Waals surface area contributed by atoms with E-state index in [4.69, 9.17) is 0 Å². The number of aryl methyl sites for hydroxylation is 1. The van der Waals surface area contributed by atoms with Gasteiger partial charge in [0.05, 0.1) is 17.2 Å². The smallest absolute Gasteiger partial charge is 0.338 e. The highest BCUT2D eigenvalue weighted by Gasteiger charge is 2.34. The van der Waals surface area contributed by atoms with E-state index in [-0.39, 0.29) is 0 Å². The SMILES string of the molecule is CCSc1ccccc1-c1ncc2c(cc(C(F)(F)F)n2C)n1. The minimum atomic E-state index is -4.41. The number of hydrogen-bond acceptors (Lipinski definition) is 3. The first-order valence-corrected chi connectivity index (χ1v) is 8.02. The molecule has 0 saturated heterocycles. The fourth-order valence-electron chi connectivity index (χ4n) is 2.44. The molecule has 2 heterocycles. The van der Waals surface area contributed by atoms with Crippen LogP contribution in [0.15, 0.2) is 41.4 Å². The summed E-state index contributed by atoms with van der Waals surface area (Å²) < 4.78 is 40.1. The number of fused-ring (bicyclic) bond motifs is 1. The molecule has 120 valence electrons. The Kier molecular flexibility index (Phi) is 4.06. The lowest BCUT2D eigenvalue weighted by atomic mass is 10.2. The van der Waals surface area contributed by atoms with Crippen molar-refractivity contribution in [1.82, 2.24) is 14.5 Å². The van der Waals surface area contributed by atoms with Gasteiger partial charge < -0.3 is 4.57 Å². The zero-order chi connectivity index (χ0) is 16.6. The maximum atomic E-state index is 13.0. The lowest BCUT2D eigenvalue weighted by Gasteiger charge is -2.08. The molecule has 23 heavy (non-hydrogen) atoms. The third-order valence-electron chi connectivity index (χ3n) is 3.51. The monoisotopic (exact) mass is 337 g/mol. The van der Waals surface area contributed by atoms with E-state index in [0.717, 1.165) is 26.8 Å². The normalized spacial score (nSPS) is 12.0. The molecule has 0 aliphatic carbocycles. The maximum Gasteiger partial charge on any atom is 0.431 e. The van der Waals surface area contributed by atoms with Crippen LogP contribution in [0.3, 0.4) is 0 Å². The van der Waals surface area contributed by atoms with E-state index >= 15 is 0 Å². The zero-order valence-corrected chi connectivity index (χ0v) is 13.4. The Bertz CT molecular complexity index is 855. The second-order valence-corrected chi connectivity index (χ2v) is 6.29. The number of alkyl halides is 3. The summed E-state index contributed by atoms with van der Waals surface area (Å²) in [5.74, 6) is 1.33. The van der Waals surface area contributed by atoms with E-state index in [1.807, 2.05) is 31.2 Å². The molecule has 0 saturated carbocycles. The van der Waals surface area contributed by atoms with Crippen molar-refractivity contribution < 1.29 is 13.2 Å². The molecule has 0 bridgehead atoms. The van der Waals surface area contributed by atoms with Crippen molar-refractivity contribution >= 4 is 22.8 Å². The topological polar surface area (TPSA) is 30.7 Å². The van der Waals surface area contributed by atoms with Crippen LogP contribution in [0.4, 0.5) is 13.2 Å². The van der Waals surface area contributed by atoms with E-state index in [2.05, 4.69) is 9.97 Å². The van der Waals surface area contributed by atoms with Crippen molar-refractivity contribution in [3.8, 4) is 11.4 Å². The van der Waals surface area contributed by atoms with Crippen molar-refractivity contribution in [3.05, 3.63) is 42.2 Å². The first-order valence-electron chi connectivity index (χ1n) is 7.03. The molecule has 0 radical (unpaired) electrons. The van der Waals surface area contributed by atoms with Crippen molar-refractivity contribution in [1.29, 1.82) is 0 Å². The van der Waals surface area contributed by atoms with Gasteiger partial charge in [0, 0.05) is 17.5 Å². The summed E-state index contributed by atoms with van der Waals surface area (Å²) in [5.41, 5.74) is 0.761. The van der Waals surface area contributed by atoms with Crippen LogP contribution < -0.4 is 0 Å². The average Bonchev–Trinajstić information content (AvgIpc) is 2.85. The summed E-state index contributed by atoms with van der Waals surface area (Å²) in [7, 11) is 1.37. The van der Waals surface area contributed by atoms with Gasteiger partial charge in [-0.05, 0) is 17.9 Å². The number of hydrogen-bond donors (Lipinski definition) is 0. The van der Waals surface area contributed by atoms with Crippen LogP contribution in [0.5, 0.6) is 0 Å². The number of aromatic nitrogens is 3. The number of nitrogens with zero attached hydrogens (tertiary/aromatic N) is 3. The summed E-state index contributed by atoms with van der Waals surface area (Å²) >= 11 is 1.65. The number of rotatable bonds is 3. The number of halogens is 3. The van der Waals surface area contributed by atoms with Gasteiger partial charge in [0.15, 0.2) is 5.82 Å². The van der Waals surface area contributed by atoms with Gasteiger partial charge in [-0.15, -0.1) is 11.8 Å². The van der Waals surface area contributed by atoms with Gasteiger partial charge in [-0.25, -0.2) is 9.97 Å². The molecule has 3 aromatic rings. The van der Waals surface area contributed by atoms with Gasteiger partial charge in [0.2, 0.25) is 0 Å². The number of benzene rings is 1. The molecule has 2 aromatic heterocycles. The summed E-state index contributed by atoms with van der Waals surface area (Å²) in [6, 6.07) is 8.70. The average molecular weight is 337 g/mol. The predicted molar refractivity (Wildman–Crippen MR) is 85.3 cm³/mol. The Morgan fingerprint density at radius 2 is 1.96 bits per heavy atom. The van der Waals surface area contributed by atoms with Crippen molar-refractivity contribution in [2.75, 3.05) is 5.75 Å².